The highest BCUT2D eigenvalue weighted by Crippen LogP contribution is 2.18. The highest BCUT2D eigenvalue weighted by Gasteiger charge is 2.17. The van der Waals surface area contributed by atoms with Gasteiger partial charge in [-0.3, -0.25) is 0 Å². The molecule has 0 aliphatic carbocycles. The van der Waals surface area contributed by atoms with Crippen LogP contribution in [0.15, 0.2) is 24.4 Å². The number of rotatable bonds is 2. The summed E-state index contributed by atoms with van der Waals surface area (Å²) in [6.07, 6.45) is 0.0691. The Morgan fingerprint density at radius 3 is 3.00 bits per heavy atom. The number of nitrogens with zero attached hydrogens (tertiary/aromatic N) is 1. The summed E-state index contributed by atoms with van der Waals surface area (Å²) >= 11 is 0. The number of aliphatic carboxylic acids is 1. The molecule has 0 fully saturated rings. The first kappa shape index (κ1) is 8.71. The molecule has 0 spiro atoms. The number of carbonyl (C=O) groups is 1. The van der Waals surface area contributed by atoms with Gasteiger partial charge in [0.05, 0.1) is 5.69 Å². The highest BCUT2D eigenvalue weighted by molar-refractivity contribution is 5.80. The SMILES string of the molecule is O=C(O)C(O)c1cc2cccnc2[nH]1. The monoisotopic (exact) mass is 192 g/mol. The van der Waals surface area contributed by atoms with E-state index in [0.717, 1.165) is 5.39 Å². The quantitative estimate of drug-likeness (QED) is 0.653. The maximum Gasteiger partial charge on any atom is 0.338 e. The fourth-order valence-electron chi connectivity index (χ4n) is 1.26. The maximum absolute atomic E-state index is 10.5. The molecule has 5 heteroatoms. The minimum Gasteiger partial charge on any atom is -0.479 e. The van der Waals surface area contributed by atoms with Gasteiger partial charge >= 0.3 is 5.97 Å². The van der Waals surface area contributed by atoms with Gasteiger partial charge in [0.2, 0.25) is 0 Å². The number of aromatic amines is 1. The molecule has 0 aliphatic heterocycles. The van der Waals surface area contributed by atoms with E-state index < -0.39 is 12.1 Å². The lowest BCUT2D eigenvalue weighted by Crippen LogP contribution is -2.10. The van der Waals surface area contributed by atoms with Crippen LogP contribution in [0.2, 0.25) is 0 Å². The molecule has 0 saturated heterocycles. The van der Waals surface area contributed by atoms with Crippen molar-refractivity contribution in [3.05, 3.63) is 30.1 Å². The summed E-state index contributed by atoms with van der Waals surface area (Å²) in [5.41, 5.74) is 0.814. The number of hydrogen-bond donors (Lipinski definition) is 3. The van der Waals surface area contributed by atoms with Crippen molar-refractivity contribution in [2.45, 2.75) is 6.10 Å². The van der Waals surface area contributed by atoms with Crippen LogP contribution in [0, 0.1) is 0 Å². The molecule has 2 aromatic rings. The fraction of sp³-hybridized carbons (Fsp3) is 0.111. The van der Waals surface area contributed by atoms with Gasteiger partial charge in [0, 0.05) is 11.6 Å². The number of aromatic nitrogens is 2. The summed E-state index contributed by atoms with van der Waals surface area (Å²) in [4.78, 5) is 17.2. The molecule has 2 aromatic heterocycles. The predicted molar refractivity (Wildman–Crippen MR) is 48.7 cm³/mol. The van der Waals surface area contributed by atoms with Crippen LogP contribution in [0.3, 0.4) is 0 Å². The summed E-state index contributed by atoms with van der Waals surface area (Å²) in [7, 11) is 0. The Balaban J connectivity index is 2.50. The molecule has 0 amide bonds. The Bertz CT molecular complexity index is 445. The van der Waals surface area contributed by atoms with E-state index >= 15 is 0 Å². The predicted octanol–water partition coefficient (Wildman–Crippen LogP) is 0.681. The van der Waals surface area contributed by atoms with E-state index in [-0.39, 0.29) is 5.69 Å². The second-order valence-corrected chi connectivity index (χ2v) is 2.91. The van der Waals surface area contributed by atoms with Crippen molar-refractivity contribution >= 4 is 17.0 Å². The third kappa shape index (κ3) is 1.33. The standard InChI is InChI=1S/C9H8N2O3/c12-7(9(13)14)6-4-5-2-1-3-10-8(5)11-6/h1-4,7,12H,(H,10,11)(H,13,14). The molecule has 1 unspecified atom stereocenters. The zero-order valence-corrected chi connectivity index (χ0v) is 7.14. The highest BCUT2D eigenvalue weighted by atomic mass is 16.4. The van der Waals surface area contributed by atoms with Crippen molar-refractivity contribution in [1.29, 1.82) is 0 Å². The maximum atomic E-state index is 10.5. The molecule has 0 aliphatic rings. The minimum atomic E-state index is -1.52. The van der Waals surface area contributed by atoms with Crippen LogP contribution < -0.4 is 0 Å². The number of fused-ring (bicyclic) bond motifs is 1. The van der Waals surface area contributed by atoms with Gasteiger partial charge < -0.3 is 15.2 Å². The summed E-state index contributed by atoms with van der Waals surface area (Å²) < 4.78 is 0. The Morgan fingerprint density at radius 2 is 2.36 bits per heavy atom. The van der Waals surface area contributed by atoms with Crippen LogP contribution in [-0.4, -0.2) is 26.2 Å². The Labute approximate surface area is 79.0 Å². The summed E-state index contributed by atoms with van der Waals surface area (Å²) in [6, 6.07) is 5.10. The Hall–Kier alpha value is -1.88. The lowest BCUT2D eigenvalue weighted by molar-refractivity contribution is -0.147. The van der Waals surface area contributed by atoms with Crippen LogP contribution in [0.25, 0.3) is 11.0 Å². The first-order valence-electron chi connectivity index (χ1n) is 4.03. The third-order valence-corrected chi connectivity index (χ3v) is 1.94. The molecular weight excluding hydrogens is 184 g/mol. The van der Waals surface area contributed by atoms with Crippen LogP contribution in [0.1, 0.15) is 11.8 Å². The number of H-pyrrole nitrogens is 1. The van der Waals surface area contributed by atoms with Crippen molar-refractivity contribution in [3.63, 3.8) is 0 Å². The molecule has 72 valence electrons. The van der Waals surface area contributed by atoms with E-state index in [1.165, 1.54) is 0 Å². The topological polar surface area (TPSA) is 86.2 Å². The van der Waals surface area contributed by atoms with Gasteiger partial charge in [-0.15, -0.1) is 0 Å². The number of pyridine rings is 1. The first-order chi connectivity index (χ1) is 6.68. The summed E-state index contributed by atoms with van der Waals surface area (Å²) in [5, 5.41) is 18.6. The number of hydrogen-bond acceptors (Lipinski definition) is 3. The molecule has 3 N–H and O–H groups in total. The molecule has 1 atom stereocenters. The van der Waals surface area contributed by atoms with E-state index in [0.29, 0.717) is 5.65 Å². The van der Waals surface area contributed by atoms with E-state index in [4.69, 9.17) is 5.11 Å². The van der Waals surface area contributed by atoms with Crippen LogP contribution in [-0.2, 0) is 4.79 Å². The summed E-state index contributed by atoms with van der Waals surface area (Å²) in [5.74, 6) is -1.28. The molecule has 0 saturated carbocycles. The number of nitrogens with one attached hydrogen (secondary N) is 1. The van der Waals surface area contributed by atoms with Gasteiger partial charge in [0.1, 0.15) is 5.65 Å². The van der Waals surface area contributed by atoms with E-state index in [1.807, 2.05) is 0 Å². The lowest BCUT2D eigenvalue weighted by atomic mass is 10.2. The number of carboxylic acids is 1. The van der Waals surface area contributed by atoms with Gasteiger partial charge in [-0.2, -0.15) is 0 Å². The average molecular weight is 192 g/mol. The third-order valence-electron chi connectivity index (χ3n) is 1.94. The van der Waals surface area contributed by atoms with Crippen LogP contribution >= 0.6 is 0 Å². The van der Waals surface area contributed by atoms with Gasteiger partial charge in [0.25, 0.3) is 0 Å². The molecule has 0 bridgehead atoms. The van der Waals surface area contributed by atoms with Crippen molar-refractivity contribution in [3.8, 4) is 0 Å². The Kier molecular flexibility index (Phi) is 1.94. The average Bonchev–Trinajstić information content (AvgIpc) is 2.59. The second kappa shape index (κ2) is 3.12. The first-order valence-corrected chi connectivity index (χ1v) is 4.03. The van der Waals surface area contributed by atoms with E-state index in [2.05, 4.69) is 9.97 Å². The number of aliphatic hydroxyl groups excluding tert-OH is 1. The van der Waals surface area contributed by atoms with E-state index in [1.54, 1.807) is 24.4 Å². The largest absolute Gasteiger partial charge is 0.479 e. The molecule has 2 rings (SSSR count). The molecule has 0 radical (unpaired) electrons. The van der Waals surface area contributed by atoms with Gasteiger partial charge in [-0.1, -0.05) is 0 Å². The van der Waals surface area contributed by atoms with E-state index in [9.17, 15) is 9.90 Å². The van der Waals surface area contributed by atoms with Gasteiger partial charge in [0.15, 0.2) is 6.10 Å². The van der Waals surface area contributed by atoms with Crippen molar-refractivity contribution < 1.29 is 15.0 Å². The van der Waals surface area contributed by atoms with Gasteiger partial charge in [-0.25, -0.2) is 9.78 Å². The van der Waals surface area contributed by atoms with Gasteiger partial charge in [-0.05, 0) is 18.2 Å². The second-order valence-electron chi connectivity index (χ2n) is 2.91. The zero-order chi connectivity index (χ0) is 10.1. The normalized spacial score (nSPS) is 12.9. The fourth-order valence-corrected chi connectivity index (χ4v) is 1.26. The molecular formula is C9H8N2O3. The van der Waals surface area contributed by atoms with Crippen molar-refractivity contribution in [2.24, 2.45) is 0 Å². The summed E-state index contributed by atoms with van der Waals surface area (Å²) in [6.45, 7) is 0. The van der Waals surface area contributed by atoms with Crippen LogP contribution in [0.4, 0.5) is 0 Å². The number of carboxylic acid groups (broad SMARTS) is 1. The Morgan fingerprint density at radius 1 is 1.57 bits per heavy atom. The van der Waals surface area contributed by atoms with Crippen LogP contribution in [0.5, 0.6) is 0 Å². The molecule has 2 heterocycles. The molecule has 0 aromatic carbocycles. The molecule has 14 heavy (non-hydrogen) atoms. The molecule has 5 nitrogen and oxygen atoms in total. The van der Waals surface area contributed by atoms with Crippen molar-refractivity contribution in [1.82, 2.24) is 9.97 Å². The smallest absolute Gasteiger partial charge is 0.338 e. The lowest BCUT2D eigenvalue weighted by Gasteiger charge is -1.99. The zero-order valence-electron chi connectivity index (χ0n) is 7.14. The van der Waals surface area contributed by atoms with Crippen molar-refractivity contribution in [2.75, 3.05) is 0 Å². The number of aliphatic hydroxyl groups is 1. The minimum absolute atomic E-state index is 0.242.